The summed E-state index contributed by atoms with van der Waals surface area (Å²) < 4.78 is 37.5. The molecule has 0 radical (unpaired) electrons. The molecule has 8 nitrogen and oxygen atoms in total. The maximum absolute atomic E-state index is 12.9. The first-order chi connectivity index (χ1) is 15.4. The number of carbonyl (C=O) groups excluding carboxylic acids is 1. The maximum atomic E-state index is 12.9. The second-order valence-corrected chi connectivity index (χ2v) is 10.1. The Morgan fingerprint density at radius 3 is 2.72 bits per heavy atom. The molecule has 1 aliphatic heterocycles. The van der Waals surface area contributed by atoms with E-state index in [0.29, 0.717) is 34.8 Å². The Kier molecular flexibility index (Phi) is 6.77. The number of carbonyl (C=O) groups is 1. The van der Waals surface area contributed by atoms with Gasteiger partial charge in [-0.25, -0.2) is 13.4 Å². The number of halogens is 1. The van der Waals surface area contributed by atoms with Gasteiger partial charge in [-0.2, -0.15) is 4.31 Å². The number of methoxy groups -OCH3 is 1. The summed E-state index contributed by atoms with van der Waals surface area (Å²) in [4.78, 5) is 17.2. The van der Waals surface area contributed by atoms with Gasteiger partial charge in [-0.1, -0.05) is 17.7 Å². The SMILES string of the molecule is COc1ccc(-c2csc(NC(=O)c3cccc(S(=O)(=O)N4CCOCC4)c3)n2)cc1Cl. The van der Waals surface area contributed by atoms with Crippen LogP contribution in [0.4, 0.5) is 5.13 Å². The van der Waals surface area contributed by atoms with Crippen LogP contribution >= 0.6 is 22.9 Å². The first kappa shape index (κ1) is 22.7. The average molecular weight is 494 g/mol. The van der Waals surface area contributed by atoms with Crippen LogP contribution in [0.15, 0.2) is 52.7 Å². The summed E-state index contributed by atoms with van der Waals surface area (Å²) in [6.07, 6.45) is 0. The Morgan fingerprint density at radius 1 is 1.22 bits per heavy atom. The largest absolute Gasteiger partial charge is 0.495 e. The van der Waals surface area contributed by atoms with Crippen LogP contribution in [0.3, 0.4) is 0 Å². The van der Waals surface area contributed by atoms with Crippen molar-refractivity contribution in [3.8, 4) is 17.0 Å². The third-order valence-corrected chi connectivity index (χ3v) is 7.82. The molecule has 0 aliphatic carbocycles. The number of morpholine rings is 1. The molecule has 0 saturated carbocycles. The number of hydrogen-bond acceptors (Lipinski definition) is 7. The number of amides is 1. The number of anilines is 1. The van der Waals surface area contributed by atoms with Crippen molar-refractivity contribution in [2.45, 2.75) is 4.90 Å². The normalized spacial score (nSPS) is 14.8. The molecule has 2 heterocycles. The predicted octanol–water partition coefficient (Wildman–Crippen LogP) is 3.75. The van der Waals surface area contributed by atoms with Gasteiger partial charge in [0.15, 0.2) is 5.13 Å². The van der Waals surface area contributed by atoms with Gasteiger partial charge in [-0.15, -0.1) is 11.3 Å². The van der Waals surface area contributed by atoms with Crippen molar-refractivity contribution in [2.24, 2.45) is 0 Å². The summed E-state index contributed by atoms with van der Waals surface area (Å²) in [6.45, 7) is 1.28. The number of nitrogens with one attached hydrogen (secondary N) is 1. The monoisotopic (exact) mass is 493 g/mol. The lowest BCUT2D eigenvalue weighted by atomic mass is 10.2. The van der Waals surface area contributed by atoms with Crippen LogP contribution in [0, 0.1) is 0 Å². The number of thiazole rings is 1. The molecule has 11 heteroatoms. The molecular formula is C21H20ClN3O5S2. The predicted molar refractivity (Wildman–Crippen MR) is 123 cm³/mol. The molecule has 32 heavy (non-hydrogen) atoms. The van der Waals surface area contributed by atoms with Crippen molar-refractivity contribution in [1.29, 1.82) is 0 Å². The van der Waals surface area contributed by atoms with Gasteiger partial charge in [0, 0.05) is 29.6 Å². The highest BCUT2D eigenvalue weighted by molar-refractivity contribution is 7.89. The van der Waals surface area contributed by atoms with E-state index in [9.17, 15) is 13.2 Å². The van der Waals surface area contributed by atoms with Crippen LogP contribution in [0.1, 0.15) is 10.4 Å². The summed E-state index contributed by atoms with van der Waals surface area (Å²) in [5, 5.41) is 5.37. The number of ether oxygens (including phenoxy) is 2. The van der Waals surface area contributed by atoms with Crippen LogP contribution in [-0.4, -0.2) is 57.0 Å². The van der Waals surface area contributed by atoms with E-state index >= 15 is 0 Å². The number of nitrogens with zero attached hydrogens (tertiary/aromatic N) is 2. The number of hydrogen-bond donors (Lipinski definition) is 1. The Labute approximate surface area is 194 Å². The second kappa shape index (κ2) is 9.55. The molecule has 0 spiro atoms. The second-order valence-electron chi connectivity index (χ2n) is 6.89. The zero-order valence-corrected chi connectivity index (χ0v) is 19.5. The minimum atomic E-state index is -3.70. The van der Waals surface area contributed by atoms with Gasteiger partial charge in [0.05, 0.1) is 35.9 Å². The number of sulfonamides is 1. The Hall–Kier alpha value is -2.50. The van der Waals surface area contributed by atoms with E-state index in [0.717, 1.165) is 5.56 Å². The lowest BCUT2D eigenvalue weighted by Crippen LogP contribution is -2.40. The van der Waals surface area contributed by atoms with E-state index in [4.69, 9.17) is 21.1 Å². The van der Waals surface area contributed by atoms with E-state index in [2.05, 4.69) is 10.3 Å². The summed E-state index contributed by atoms with van der Waals surface area (Å²) in [6, 6.07) is 11.3. The fourth-order valence-electron chi connectivity index (χ4n) is 3.19. The number of rotatable bonds is 6. The summed E-state index contributed by atoms with van der Waals surface area (Å²) in [5.41, 5.74) is 1.66. The third-order valence-electron chi connectivity index (χ3n) is 4.88. The summed E-state index contributed by atoms with van der Waals surface area (Å²) in [5.74, 6) is 0.115. The van der Waals surface area contributed by atoms with Crippen LogP contribution in [-0.2, 0) is 14.8 Å². The summed E-state index contributed by atoms with van der Waals surface area (Å²) in [7, 11) is -2.15. The lowest BCUT2D eigenvalue weighted by Gasteiger charge is -2.26. The van der Waals surface area contributed by atoms with E-state index < -0.39 is 15.9 Å². The van der Waals surface area contributed by atoms with Crippen molar-refractivity contribution in [3.05, 3.63) is 58.4 Å². The maximum Gasteiger partial charge on any atom is 0.257 e. The zero-order valence-electron chi connectivity index (χ0n) is 17.1. The molecule has 168 valence electrons. The van der Waals surface area contributed by atoms with Gasteiger partial charge in [0.2, 0.25) is 10.0 Å². The molecule has 1 aromatic heterocycles. The van der Waals surface area contributed by atoms with Crippen LogP contribution in [0.5, 0.6) is 5.75 Å². The Bertz CT molecular complexity index is 1240. The van der Waals surface area contributed by atoms with Gasteiger partial charge >= 0.3 is 0 Å². The van der Waals surface area contributed by atoms with Gasteiger partial charge in [0.25, 0.3) is 5.91 Å². The van der Waals surface area contributed by atoms with Crippen molar-refractivity contribution in [1.82, 2.24) is 9.29 Å². The molecule has 0 bridgehead atoms. The Balaban J connectivity index is 1.50. The molecule has 1 amide bonds. The molecule has 0 atom stereocenters. The van der Waals surface area contributed by atoms with Crippen molar-refractivity contribution >= 4 is 44.0 Å². The van der Waals surface area contributed by atoms with Gasteiger partial charge < -0.3 is 9.47 Å². The average Bonchev–Trinajstić information content (AvgIpc) is 3.28. The van der Waals surface area contributed by atoms with E-state index in [1.807, 2.05) is 6.07 Å². The lowest BCUT2D eigenvalue weighted by molar-refractivity contribution is 0.0730. The van der Waals surface area contributed by atoms with E-state index in [-0.39, 0.29) is 23.5 Å². The number of aromatic nitrogens is 1. The highest BCUT2D eigenvalue weighted by atomic mass is 35.5. The van der Waals surface area contributed by atoms with Crippen LogP contribution in [0.25, 0.3) is 11.3 Å². The molecule has 4 rings (SSSR count). The zero-order chi connectivity index (χ0) is 22.7. The molecule has 0 unspecified atom stereocenters. The quantitative estimate of drug-likeness (QED) is 0.561. The first-order valence-corrected chi connectivity index (χ1v) is 12.4. The van der Waals surface area contributed by atoms with Crippen LogP contribution < -0.4 is 10.1 Å². The fraction of sp³-hybridized carbons (Fsp3) is 0.238. The van der Waals surface area contributed by atoms with E-state index in [1.165, 1.54) is 27.8 Å². The molecule has 3 aromatic rings. The first-order valence-electron chi connectivity index (χ1n) is 9.67. The molecular weight excluding hydrogens is 474 g/mol. The molecule has 1 saturated heterocycles. The summed E-state index contributed by atoms with van der Waals surface area (Å²) >= 11 is 7.44. The highest BCUT2D eigenvalue weighted by Crippen LogP contribution is 2.32. The topological polar surface area (TPSA) is 97.8 Å². The smallest absolute Gasteiger partial charge is 0.257 e. The van der Waals surface area contributed by atoms with E-state index in [1.54, 1.807) is 36.8 Å². The Morgan fingerprint density at radius 2 is 2.00 bits per heavy atom. The standard InChI is InChI=1S/C21H20ClN3O5S2/c1-29-19-6-5-14(12-17(19)22)18-13-31-21(23-18)24-20(26)15-3-2-4-16(11-15)32(27,28)25-7-9-30-10-8-25/h2-6,11-13H,7-10H2,1H3,(H,23,24,26). The molecule has 1 aliphatic rings. The van der Waals surface area contributed by atoms with Crippen molar-refractivity contribution in [3.63, 3.8) is 0 Å². The van der Waals surface area contributed by atoms with Crippen molar-refractivity contribution in [2.75, 3.05) is 38.7 Å². The van der Waals surface area contributed by atoms with Gasteiger partial charge in [-0.05, 0) is 36.4 Å². The molecule has 2 aromatic carbocycles. The fourth-order valence-corrected chi connectivity index (χ4v) is 5.62. The molecule has 1 N–H and O–H groups in total. The van der Waals surface area contributed by atoms with Gasteiger partial charge in [-0.3, -0.25) is 10.1 Å². The minimum Gasteiger partial charge on any atom is -0.495 e. The minimum absolute atomic E-state index is 0.0692. The number of benzene rings is 2. The third kappa shape index (κ3) is 4.79. The highest BCUT2D eigenvalue weighted by Gasteiger charge is 2.27. The molecule has 1 fully saturated rings. The van der Waals surface area contributed by atoms with Gasteiger partial charge in [0.1, 0.15) is 5.75 Å². The van der Waals surface area contributed by atoms with Crippen LogP contribution in [0.2, 0.25) is 5.02 Å². The van der Waals surface area contributed by atoms with Crippen molar-refractivity contribution < 1.29 is 22.7 Å².